The lowest BCUT2D eigenvalue weighted by Crippen LogP contribution is -2.44. The van der Waals surface area contributed by atoms with Crippen LogP contribution in [-0.2, 0) is 9.53 Å². The minimum absolute atomic E-state index is 0. The van der Waals surface area contributed by atoms with Gasteiger partial charge in [-0.2, -0.15) is 0 Å². The van der Waals surface area contributed by atoms with E-state index in [1.807, 2.05) is 18.2 Å². The maximum Gasteiger partial charge on any atom is 0.220 e. The third-order valence-electron chi connectivity index (χ3n) is 5.19. The Kier molecular flexibility index (Phi) is 11.6. The summed E-state index contributed by atoms with van der Waals surface area (Å²) >= 11 is 6.42. The normalized spacial score (nSPS) is 21.0. The van der Waals surface area contributed by atoms with E-state index in [4.69, 9.17) is 16.3 Å². The number of morpholine rings is 1. The molecule has 1 aromatic carbocycles. The van der Waals surface area contributed by atoms with E-state index in [-0.39, 0.29) is 36.8 Å². The van der Waals surface area contributed by atoms with E-state index in [2.05, 4.69) is 21.6 Å². The molecule has 2 atom stereocenters. The number of halogens is 3. The third kappa shape index (κ3) is 7.41. The molecule has 5 nitrogen and oxygen atoms in total. The zero-order valence-corrected chi connectivity index (χ0v) is 17.9. The second kappa shape index (κ2) is 12.8. The van der Waals surface area contributed by atoms with E-state index in [0.29, 0.717) is 18.9 Å². The molecule has 0 spiro atoms. The summed E-state index contributed by atoms with van der Waals surface area (Å²) in [6.45, 7) is 5.89. The van der Waals surface area contributed by atoms with Gasteiger partial charge in [-0.25, -0.2) is 0 Å². The zero-order chi connectivity index (χ0) is 17.5. The largest absolute Gasteiger partial charge is 0.379 e. The first-order chi connectivity index (χ1) is 12.2. The average Bonchev–Trinajstić information content (AvgIpc) is 3.16. The van der Waals surface area contributed by atoms with Gasteiger partial charge in [0.1, 0.15) is 0 Å². The highest BCUT2D eigenvalue weighted by Gasteiger charge is 2.25. The minimum Gasteiger partial charge on any atom is -0.379 e. The number of hydrogen-bond donors (Lipinski definition) is 2. The summed E-state index contributed by atoms with van der Waals surface area (Å²) in [5, 5.41) is 7.24. The second-order valence-corrected chi connectivity index (χ2v) is 7.29. The van der Waals surface area contributed by atoms with Crippen LogP contribution in [0.2, 0.25) is 5.02 Å². The summed E-state index contributed by atoms with van der Waals surface area (Å²) in [5.74, 6) is 0.779. The van der Waals surface area contributed by atoms with Gasteiger partial charge in [-0.05, 0) is 43.5 Å². The number of nitrogens with zero attached hydrogens (tertiary/aromatic N) is 1. The molecule has 2 unspecified atom stereocenters. The number of nitrogens with one attached hydrogen (secondary N) is 2. The Morgan fingerprint density at radius 2 is 2.04 bits per heavy atom. The molecule has 2 heterocycles. The molecule has 3 rings (SSSR count). The van der Waals surface area contributed by atoms with Gasteiger partial charge in [0.15, 0.2) is 0 Å². The topological polar surface area (TPSA) is 53.6 Å². The first kappa shape index (κ1) is 24.5. The third-order valence-corrected chi connectivity index (χ3v) is 5.53. The molecule has 2 aliphatic rings. The monoisotopic (exact) mass is 437 g/mol. The molecule has 8 heteroatoms. The number of carbonyl (C=O) groups excluding carboxylic acids is 1. The number of carbonyl (C=O) groups is 1. The lowest BCUT2D eigenvalue weighted by molar-refractivity contribution is -0.121. The van der Waals surface area contributed by atoms with Gasteiger partial charge >= 0.3 is 0 Å². The molecule has 0 bridgehead atoms. The average molecular weight is 439 g/mol. The Morgan fingerprint density at radius 3 is 2.70 bits per heavy atom. The smallest absolute Gasteiger partial charge is 0.220 e. The van der Waals surface area contributed by atoms with Gasteiger partial charge in [0.2, 0.25) is 5.91 Å². The highest BCUT2D eigenvalue weighted by Crippen LogP contribution is 2.27. The molecule has 27 heavy (non-hydrogen) atoms. The minimum atomic E-state index is 0. The van der Waals surface area contributed by atoms with E-state index in [9.17, 15) is 4.79 Å². The quantitative estimate of drug-likeness (QED) is 0.687. The van der Waals surface area contributed by atoms with Crippen LogP contribution in [0.5, 0.6) is 0 Å². The molecule has 0 radical (unpaired) electrons. The summed E-state index contributed by atoms with van der Waals surface area (Å²) in [5.41, 5.74) is 1.08. The van der Waals surface area contributed by atoms with Crippen molar-refractivity contribution in [2.45, 2.75) is 25.3 Å². The Balaban J connectivity index is 0.00000182. The van der Waals surface area contributed by atoms with E-state index < -0.39 is 0 Å². The van der Waals surface area contributed by atoms with Gasteiger partial charge in [0, 0.05) is 31.1 Å². The van der Waals surface area contributed by atoms with Gasteiger partial charge in [0.05, 0.1) is 19.3 Å². The number of hydrogen-bond acceptors (Lipinski definition) is 4. The fraction of sp³-hybridized carbons (Fsp3) is 0.632. The highest BCUT2D eigenvalue weighted by molar-refractivity contribution is 6.31. The summed E-state index contributed by atoms with van der Waals surface area (Å²) in [4.78, 5) is 14.6. The predicted molar refractivity (Wildman–Crippen MR) is 114 cm³/mol. The Hall–Kier alpha value is -0.560. The van der Waals surface area contributed by atoms with Crippen LogP contribution in [0.25, 0.3) is 0 Å². The molecule has 0 aromatic heterocycles. The zero-order valence-electron chi connectivity index (χ0n) is 15.5. The van der Waals surface area contributed by atoms with Gasteiger partial charge in [0.25, 0.3) is 0 Å². The van der Waals surface area contributed by atoms with Crippen LogP contribution in [-0.4, -0.2) is 56.7 Å². The molecule has 2 fully saturated rings. The molecule has 154 valence electrons. The standard InChI is InChI=1S/C19H28ClN3O2.2ClH/c20-17-4-2-1-3-16(17)18(23-9-11-25-12-10-23)14-22-19(24)6-5-15-7-8-21-13-15;;/h1-4,15,18,21H,5-14H2,(H,22,24);2*1H. The Morgan fingerprint density at radius 1 is 1.30 bits per heavy atom. The van der Waals surface area contributed by atoms with Crippen LogP contribution in [0, 0.1) is 5.92 Å². The first-order valence-corrected chi connectivity index (χ1v) is 9.65. The van der Waals surface area contributed by atoms with Crippen LogP contribution >= 0.6 is 36.4 Å². The number of rotatable bonds is 7. The first-order valence-electron chi connectivity index (χ1n) is 9.27. The van der Waals surface area contributed by atoms with Crippen molar-refractivity contribution < 1.29 is 9.53 Å². The van der Waals surface area contributed by atoms with Crippen LogP contribution in [0.4, 0.5) is 0 Å². The van der Waals surface area contributed by atoms with Crippen molar-refractivity contribution in [2.24, 2.45) is 5.92 Å². The van der Waals surface area contributed by atoms with E-state index >= 15 is 0 Å². The summed E-state index contributed by atoms with van der Waals surface area (Å²) in [6.07, 6.45) is 2.75. The highest BCUT2D eigenvalue weighted by atomic mass is 35.5. The van der Waals surface area contributed by atoms with Crippen molar-refractivity contribution in [2.75, 3.05) is 45.9 Å². The maximum atomic E-state index is 12.3. The Labute approximate surface area is 179 Å². The molecular formula is C19H30Cl3N3O2. The van der Waals surface area contributed by atoms with Crippen molar-refractivity contribution >= 4 is 42.3 Å². The molecule has 2 N–H and O–H groups in total. The predicted octanol–water partition coefficient (Wildman–Crippen LogP) is 3.06. The van der Waals surface area contributed by atoms with Gasteiger partial charge in [-0.1, -0.05) is 29.8 Å². The SMILES string of the molecule is Cl.Cl.O=C(CCC1CCNC1)NCC(c1ccccc1Cl)N1CCOCC1. The molecule has 1 amide bonds. The fourth-order valence-corrected chi connectivity index (χ4v) is 3.93. The summed E-state index contributed by atoms with van der Waals surface area (Å²) < 4.78 is 5.47. The molecule has 2 aliphatic heterocycles. The number of ether oxygens (including phenoxy) is 1. The van der Waals surface area contributed by atoms with Crippen LogP contribution in [0.15, 0.2) is 24.3 Å². The fourth-order valence-electron chi connectivity index (χ4n) is 3.67. The lowest BCUT2D eigenvalue weighted by Gasteiger charge is -2.35. The number of benzene rings is 1. The van der Waals surface area contributed by atoms with Crippen molar-refractivity contribution in [3.8, 4) is 0 Å². The Bertz CT molecular complexity index is 565. The van der Waals surface area contributed by atoms with E-state index in [1.54, 1.807) is 0 Å². The maximum absolute atomic E-state index is 12.3. The van der Waals surface area contributed by atoms with Crippen molar-refractivity contribution in [1.29, 1.82) is 0 Å². The van der Waals surface area contributed by atoms with Crippen LogP contribution in [0.1, 0.15) is 30.9 Å². The molecular weight excluding hydrogens is 409 g/mol. The molecule has 1 aromatic rings. The van der Waals surface area contributed by atoms with Crippen molar-refractivity contribution in [3.05, 3.63) is 34.9 Å². The molecule has 0 aliphatic carbocycles. The second-order valence-electron chi connectivity index (χ2n) is 6.89. The van der Waals surface area contributed by atoms with Gasteiger partial charge < -0.3 is 15.4 Å². The lowest BCUT2D eigenvalue weighted by atomic mass is 10.0. The van der Waals surface area contributed by atoms with Gasteiger partial charge in [-0.15, -0.1) is 24.8 Å². The molecule has 0 saturated carbocycles. The van der Waals surface area contributed by atoms with Crippen molar-refractivity contribution in [3.63, 3.8) is 0 Å². The molecule has 2 saturated heterocycles. The summed E-state index contributed by atoms with van der Waals surface area (Å²) in [6, 6.07) is 8.01. The van der Waals surface area contributed by atoms with Crippen LogP contribution in [0.3, 0.4) is 0 Å². The van der Waals surface area contributed by atoms with Crippen LogP contribution < -0.4 is 10.6 Å². The summed E-state index contributed by atoms with van der Waals surface area (Å²) in [7, 11) is 0. The number of amides is 1. The van der Waals surface area contributed by atoms with E-state index in [1.165, 1.54) is 6.42 Å². The van der Waals surface area contributed by atoms with E-state index in [0.717, 1.165) is 56.4 Å². The van der Waals surface area contributed by atoms with Gasteiger partial charge in [-0.3, -0.25) is 9.69 Å². The van der Waals surface area contributed by atoms with Crippen molar-refractivity contribution in [1.82, 2.24) is 15.5 Å².